The van der Waals surface area contributed by atoms with Crippen molar-refractivity contribution in [2.45, 2.75) is 52.7 Å². The predicted molar refractivity (Wildman–Crippen MR) is 130 cm³/mol. The maximum Gasteiger partial charge on any atom is 0.148 e. The van der Waals surface area contributed by atoms with Crippen molar-refractivity contribution < 1.29 is 9.47 Å². The fourth-order valence-electron chi connectivity index (χ4n) is 3.81. The van der Waals surface area contributed by atoms with Crippen LogP contribution < -0.4 is 9.47 Å². The van der Waals surface area contributed by atoms with E-state index in [1.54, 1.807) is 0 Å². The van der Waals surface area contributed by atoms with Crippen molar-refractivity contribution in [3.63, 3.8) is 0 Å². The normalized spacial score (nSPS) is 11.6. The highest BCUT2D eigenvalue weighted by molar-refractivity contribution is 5.75. The Bertz CT molecular complexity index is 1170. The number of para-hydroxylation sites is 3. The van der Waals surface area contributed by atoms with Crippen molar-refractivity contribution in [3.8, 4) is 11.5 Å². The first-order valence-corrected chi connectivity index (χ1v) is 11.3. The third-order valence-corrected chi connectivity index (χ3v) is 5.70. The van der Waals surface area contributed by atoms with Crippen LogP contribution in [0.4, 0.5) is 0 Å². The molecule has 166 valence electrons. The summed E-state index contributed by atoms with van der Waals surface area (Å²) >= 11 is 0. The van der Waals surface area contributed by atoms with Crippen LogP contribution in [0.25, 0.3) is 11.0 Å². The molecule has 0 amide bonds. The Morgan fingerprint density at radius 2 is 1.56 bits per heavy atom. The molecule has 0 N–H and O–H groups in total. The summed E-state index contributed by atoms with van der Waals surface area (Å²) in [6.45, 7) is 10.6. The van der Waals surface area contributed by atoms with Gasteiger partial charge in [-0.2, -0.15) is 0 Å². The van der Waals surface area contributed by atoms with Crippen LogP contribution in [-0.2, 0) is 18.6 Å². The first-order chi connectivity index (χ1) is 15.4. The van der Waals surface area contributed by atoms with Gasteiger partial charge in [-0.15, -0.1) is 0 Å². The molecular weight excluding hydrogens is 396 g/mol. The summed E-state index contributed by atoms with van der Waals surface area (Å²) in [6, 6.07) is 24.8. The minimum absolute atomic E-state index is 0.151. The first-order valence-electron chi connectivity index (χ1n) is 11.3. The highest BCUT2D eigenvalue weighted by Gasteiger charge is 2.14. The fraction of sp³-hybridized carbons (Fsp3) is 0.321. The molecule has 0 spiro atoms. The summed E-state index contributed by atoms with van der Waals surface area (Å²) in [5.74, 6) is 2.74. The number of aromatic nitrogens is 2. The molecule has 4 aromatic rings. The van der Waals surface area contributed by atoms with Gasteiger partial charge in [0.05, 0.1) is 17.6 Å². The zero-order valence-corrected chi connectivity index (χ0v) is 19.5. The van der Waals surface area contributed by atoms with Crippen LogP contribution in [0.1, 0.15) is 44.1 Å². The highest BCUT2D eigenvalue weighted by Crippen LogP contribution is 2.25. The van der Waals surface area contributed by atoms with Crippen molar-refractivity contribution in [2.75, 3.05) is 6.61 Å². The van der Waals surface area contributed by atoms with Crippen LogP contribution in [-0.4, -0.2) is 16.2 Å². The predicted octanol–water partition coefficient (Wildman–Crippen LogP) is 6.69. The van der Waals surface area contributed by atoms with E-state index in [4.69, 9.17) is 14.5 Å². The lowest BCUT2D eigenvalue weighted by Crippen LogP contribution is -2.11. The number of hydrogen-bond donors (Lipinski definition) is 0. The minimum atomic E-state index is 0.151. The van der Waals surface area contributed by atoms with Crippen LogP contribution in [0.3, 0.4) is 0 Å². The molecule has 4 heteroatoms. The van der Waals surface area contributed by atoms with E-state index >= 15 is 0 Å². The molecule has 4 rings (SSSR count). The number of nitrogens with zero attached hydrogens (tertiary/aromatic N) is 2. The van der Waals surface area contributed by atoms with Crippen molar-refractivity contribution in [3.05, 3.63) is 89.7 Å². The molecule has 0 bridgehead atoms. The highest BCUT2D eigenvalue weighted by atomic mass is 16.5. The second-order valence-electron chi connectivity index (χ2n) is 9.20. The zero-order chi connectivity index (χ0) is 22.6. The quantitative estimate of drug-likeness (QED) is 0.293. The molecule has 0 unspecified atom stereocenters. The number of imidazole rings is 1. The van der Waals surface area contributed by atoms with E-state index in [9.17, 15) is 0 Å². The molecule has 4 nitrogen and oxygen atoms in total. The maximum absolute atomic E-state index is 6.09. The molecule has 0 saturated heterocycles. The number of aryl methyl sites for hydroxylation is 2. The van der Waals surface area contributed by atoms with Gasteiger partial charge in [-0.1, -0.05) is 63.2 Å². The molecule has 1 aromatic heterocycles. The van der Waals surface area contributed by atoms with Gasteiger partial charge in [-0.05, 0) is 60.2 Å². The molecule has 32 heavy (non-hydrogen) atoms. The Balaban J connectivity index is 1.41. The van der Waals surface area contributed by atoms with Crippen molar-refractivity contribution in [1.29, 1.82) is 0 Å². The Kier molecular flexibility index (Phi) is 6.50. The largest absolute Gasteiger partial charge is 0.494 e. The summed E-state index contributed by atoms with van der Waals surface area (Å²) < 4.78 is 14.3. The van der Waals surface area contributed by atoms with Gasteiger partial charge < -0.3 is 14.0 Å². The Labute approximate surface area is 190 Å². The van der Waals surface area contributed by atoms with Gasteiger partial charge in [-0.3, -0.25) is 0 Å². The number of fused-ring (bicyclic) bond motifs is 1. The molecule has 0 saturated carbocycles. The topological polar surface area (TPSA) is 36.3 Å². The molecule has 0 fully saturated rings. The SMILES string of the molecule is Cc1ccccc1OCc1nc2ccccc2n1CCCOc1ccc(C(C)(C)C)cc1. The summed E-state index contributed by atoms with van der Waals surface area (Å²) in [4.78, 5) is 4.82. The number of benzene rings is 3. The van der Waals surface area contributed by atoms with Gasteiger partial charge in [0.25, 0.3) is 0 Å². The van der Waals surface area contributed by atoms with E-state index < -0.39 is 0 Å². The lowest BCUT2D eigenvalue weighted by molar-refractivity contribution is 0.279. The lowest BCUT2D eigenvalue weighted by atomic mass is 9.87. The van der Waals surface area contributed by atoms with Crippen LogP contribution in [0.5, 0.6) is 11.5 Å². The zero-order valence-electron chi connectivity index (χ0n) is 19.5. The third-order valence-electron chi connectivity index (χ3n) is 5.70. The van der Waals surface area contributed by atoms with E-state index in [2.05, 4.69) is 80.8 Å². The molecule has 0 atom stereocenters. The van der Waals surface area contributed by atoms with Gasteiger partial charge in [0.15, 0.2) is 0 Å². The van der Waals surface area contributed by atoms with Gasteiger partial charge in [0.2, 0.25) is 0 Å². The van der Waals surface area contributed by atoms with Gasteiger partial charge in [-0.25, -0.2) is 4.98 Å². The number of rotatable bonds is 8. The summed E-state index contributed by atoms with van der Waals surface area (Å²) in [5.41, 5.74) is 4.71. The smallest absolute Gasteiger partial charge is 0.148 e. The molecule has 0 aliphatic rings. The summed E-state index contributed by atoms with van der Waals surface area (Å²) in [6.07, 6.45) is 0.888. The fourth-order valence-corrected chi connectivity index (χ4v) is 3.81. The van der Waals surface area contributed by atoms with Crippen molar-refractivity contribution >= 4 is 11.0 Å². The van der Waals surface area contributed by atoms with Crippen LogP contribution >= 0.6 is 0 Å². The molecule has 0 aliphatic carbocycles. The van der Waals surface area contributed by atoms with Gasteiger partial charge >= 0.3 is 0 Å². The van der Waals surface area contributed by atoms with Crippen LogP contribution in [0.15, 0.2) is 72.8 Å². The number of hydrogen-bond acceptors (Lipinski definition) is 3. The van der Waals surface area contributed by atoms with Gasteiger partial charge in [0, 0.05) is 6.54 Å². The second kappa shape index (κ2) is 9.47. The van der Waals surface area contributed by atoms with E-state index in [0.29, 0.717) is 13.2 Å². The van der Waals surface area contributed by atoms with E-state index in [-0.39, 0.29) is 5.41 Å². The molecule has 1 heterocycles. The lowest BCUT2D eigenvalue weighted by Gasteiger charge is -2.19. The summed E-state index contributed by atoms with van der Waals surface area (Å²) in [5, 5.41) is 0. The van der Waals surface area contributed by atoms with E-state index in [1.165, 1.54) is 5.56 Å². The van der Waals surface area contributed by atoms with Crippen LogP contribution in [0.2, 0.25) is 0 Å². The standard InChI is InChI=1S/C28H32N2O2/c1-21-10-5-8-13-26(21)32-20-27-29-24-11-6-7-12-25(24)30(27)18-9-19-31-23-16-14-22(15-17-23)28(2,3)4/h5-8,10-17H,9,18-20H2,1-4H3. The van der Waals surface area contributed by atoms with Gasteiger partial charge in [0.1, 0.15) is 23.9 Å². The monoisotopic (exact) mass is 428 g/mol. The van der Waals surface area contributed by atoms with Crippen molar-refractivity contribution in [2.24, 2.45) is 0 Å². The van der Waals surface area contributed by atoms with E-state index in [0.717, 1.165) is 46.9 Å². The molecule has 0 radical (unpaired) electrons. The average Bonchev–Trinajstić information content (AvgIpc) is 3.13. The molecule has 3 aromatic carbocycles. The summed E-state index contributed by atoms with van der Waals surface area (Å²) in [7, 11) is 0. The molecular formula is C28H32N2O2. The number of ether oxygens (including phenoxy) is 2. The first kappa shape index (κ1) is 21.9. The molecule has 0 aliphatic heterocycles. The van der Waals surface area contributed by atoms with E-state index in [1.807, 2.05) is 24.3 Å². The Morgan fingerprint density at radius 1 is 0.844 bits per heavy atom. The Hall–Kier alpha value is -3.27. The minimum Gasteiger partial charge on any atom is -0.494 e. The third kappa shape index (κ3) is 5.13. The second-order valence-corrected chi connectivity index (χ2v) is 9.20. The average molecular weight is 429 g/mol. The van der Waals surface area contributed by atoms with Crippen LogP contribution in [0, 0.1) is 6.92 Å². The maximum atomic E-state index is 6.09. The van der Waals surface area contributed by atoms with Crippen molar-refractivity contribution in [1.82, 2.24) is 9.55 Å². The Morgan fingerprint density at radius 3 is 2.31 bits per heavy atom.